The molecule has 1 aromatic heterocycles. The molecule has 10 heteroatoms. The number of hydrogen-bond donors (Lipinski definition) is 1. The van der Waals surface area contributed by atoms with Crippen LogP contribution in [0.1, 0.15) is 12.8 Å². The summed E-state index contributed by atoms with van der Waals surface area (Å²) in [6, 6.07) is 4.56. The van der Waals surface area contributed by atoms with Gasteiger partial charge in [0.25, 0.3) is 0 Å². The molecular formula is C16H18ClN5O3S. The number of tetrazole rings is 1. The minimum absolute atomic E-state index is 0.0162. The number of halogens is 1. The summed E-state index contributed by atoms with van der Waals surface area (Å²) in [5.74, 6) is 1.59. The Bertz CT molecular complexity index is 949. The van der Waals surface area contributed by atoms with Crippen LogP contribution in [0.5, 0.6) is 0 Å². The van der Waals surface area contributed by atoms with E-state index < -0.39 is 10.0 Å². The standard InChI is InChI=1S/C16H18ClN5O3S/c1-25-15-8-4-9-7-22(14(15)11(9)5-8)26(23,24)10-2-3-13(17)12(6-10)16-18-20-21-19-16/h2-3,6,8-9,11,14-15H,4-5,7H2,1H3,(H,18,19,20,21). The van der Waals surface area contributed by atoms with E-state index in [9.17, 15) is 8.42 Å². The van der Waals surface area contributed by atoms with Crippen LogP contribution < -0.4 is 0 Å². The van der Waals surface area contributed by atoms with Crippen LogP contribution in [0, 0.1) is 17.8 Å². The molecule has 2 bridgehead atoms. The largest absolute Gasteiger partial charge is 0.379 e. The Morgan fingerprint density at radius 2 is 2.15 bits per heavy atom. The molecule has 2 heterocycles. The molecular weight excluding hydrogens is 378 g/mol. The summed E-state index contributed by atoms with van der Waals surface area (Å²) in [4.78, 5) is 0.196. The molecule has 0 amide bonds. The summed E-state index contributed by atoms with van der Waals surface area (Å²) < 4.78 is 34.1. The van der Waals surface area contributed by atoms with Crippen LogP contribution in [0.2, 0.25) is 5.02 Å². The van der Waals surface area contributed by atoms with Gasteiger partial charge in [-0.15, -0.1) is 10.2 Å². The lowest BCUT2D eigenvalue weighted by Gasteiger charge is -2.30. The molecule has 1 aliphatic heterocycles. The fourth-order valence-corrected chi connectivity index (χ4v) is 7.15. The summed E-state index contributed by atoms with van der Waals surface area (Å²) in [7, 11) is -1.98. The third-order valence-corrected chi connectivity index (χ3v) is 8.36. The van der Waals surface area contributed by atoms with Crippen molar-refractivity contribution in [1.29, 1.82) is 0 Å². The fourth-order valence-electron chi connectivity index (χ4n) is 5.19. The number of aromatic nitrogens is 4. The van der Waals surface area contributed by atoms with Gasteiger partial charge in [0, 0.05) is 19.2 Å². The number of hydrogen-bond acceptors (Lipinski definition) is 6. The number of nitrogens with one attached hydrogen (secondary N) is 1. The minimum Gasteiger partial charge on any atom is -0.379 e. The molecule has 5 rings (SSSR count). The van der Waals surface area contributed by atoms with Gasteiger partial charge in [-0.3, -0.25) is 0 Å². The minimum atomic E-state index is -3.66. The lowest BCUT2D eigenvalue weighted by molar-refractivity contribution is 0.0265. The van der Waals surface area contributed by atoms with Crippen molar-refractivity contribution >= 4 is 21.6 Å². The van der Waals surface area contributed by atoms with Gasteiger partial charge in [0.05, 0.1) is 22.1 Å². The summed E-state index contributed by atoms with van der Waals surface area (Å²) in [5.41, 5.74) is 0.441. The lowest BCUT2D eigenvalue weighted by atomic mass is 9.88. The van der Waals surface area contributed by atoms with E-state index in [1.807, 2.05) is 0 Å². The number of fused-ring (bicyclic) bond motifs is 1. The lowest BCUT2D eigenvalue weighted by Crippen LogP contribution is -2.44. The predicted octanol–water partition coefficient (Wildman–Crippen LogP) is 1.56. The molecule has 3 fully saturated rings. The maximum atomic E-state index is 13.4. The van der Waals surface area contributed by atoms with Gasteiger partial charge in [-0.25, -0.2) is 8.42 Å². The molecule has 2 saturated carbocycles. The molecule has 3 aliphatic rings. The van der Waals surface area contributed by atoms with Gasteiger partial charge in [-0.1, -0.05) is 11.6 Å². The van der Waals surface area contributed by atoms with Crippen molar-refractivity contribution in [2.24, 2.45) is 17.8 Å². The van der Waals surface area contributed by atoms with Crippen molar-refractivity contribution in [3.63, 3.8) is 0 Å². The van der Waals surface area contributed by atoms with Crippen LogP contribution >= 0.6 is 11.6 Å². The van der Waals surface area contributed by atoms with E-state index in [0.717, 1.165) is 12.8 Å². The molecule has 5 atom stereocenters. The first-order valence-electron chi connectivity index (χ1n) is 8.58. The predicted molar refractivity (Wildman–Crippen MR) is 92.8 cm³/mol. The normalized spacial score (nSPS) is 33.2. The number of aromatic amines is 1. The average molecular weight is 396 g/mol. The zero-order valence-corrected chi connectivity index (χ0v) is 15.6. The second kappa shape index (κ2) is 5.72. The first-order valence-corrected chi connectivity index (χ1v) is 10.4. The zero-order valence-electron chi connectivity index (χ0n) is 14.0. The molecule has 0 spiro atoms. The molecule has 2 aliphatic carbocycles. The summed E-state index contributed by atoms with van der Waals surface area (Å²) >= 11 is 6.21. The van der Waals surface area contributed by atoms with Crippen molar-refractivity contribution < 1.29 is 13.2 Å². The van der Waals surface area contributed by atoms with E-state index in [1.54, 1.807) is 17.5 Å². The number of H-pyrrole nitrogens is 1. The van der Waals surface area contributed by atoms with E-state index in [-0.39, 0.29) is 22.9 Å². The zero-order chi connectivity index (χ0) is 18.1. The third-order valence-electron chi connectivity index (χ3n) is 6.18. The summed E-state index contributed by atoms with van der Waals surface area (Å²) in [5, 5.41) is 14.1. The van der Waals surface area contributed by atoms with E-state index in [0.29, 0.717) is 34.9 Å². The fraction of sp³-hybridized carbons (Fsp3) is 0.562. The van der Waals surface area contributed by atoms with Crippen LogP contribution in [0.4, 0.5) is 0 Å². The first kappa shape index (κ1) is 16.6. The smallest absolute Gasteiger partial charge is 0.243 e. The molecule has 2 aromatic rings. The Morgan fingerprint density at radius 1 is 1.31 bits per heavy atom. The Hall–Kier alpha value is -1.55. The average Bonchev–Trinajstić information content (AvgIpc) is 3.35. The highest BCUT2D eigenvalue weighted by Gasteiger charge is 2.62. The molecule has 1 saturated heterocycles. The van der Waals surface area contributed by atoms with E-state index in [1.165, 1.54) is 12.1 Å². The maximum absolute atomic E-state index is 13.4. The van der Waals surface area contributed by atoms with Crippen LogP contribution in [0.3, 0.4) is 0 Å². The highest BCUT2D eigenvalue weighted by atomic mass is 35.5. The van der Waals surface area contributed by atoms with Gasteiger partial charge in [0.2, 0.25) is 15.8 Å². The van der Waals surface area contributed by atoms with Crippen molar-refractivity contribution in [3.05, 3.63) is 23.2 Å². The Morgan fingerprint density at radius 3 is 2.88 bits per heavy atom. The number of ether oxygens (including phenoxy) is 1. The van der Waals surface area contributed by atoms with Gasteiger partial charge in [0.1, 0.15) is 0 Å². The number of nitrogens with zero attached hydrogens (tertiary/aromatic N) is 4. The molecule has 8 nitrogen and oxygen atoms in total. The molecule has 1 aromatic carbocycles. The van der Waals surface area contributed by atoms with Crippen LogP contribution in [0.25, 0.3) is 11.4 Å². The summed E-state index contributed by atoms with van der Waals surface area (Å²) in [6.45, 7) is 0.564. The molecule has 138 valence electrons. The second-order valence-electron chi connectivity index (χ2n) is 7.30. The van der Waals surface area contributed by atoms with Gasteiger partial charge < -0.3 is 4.74 Å². The second-order valence-corrected chi connectivity index (χ2v) is 9.60. The van der Waals surface area contributed by atoms with E-state index in [2.05, 4.69) is 20.6 Å². The van der Waals surface area contributed by atoms with Crippen LogP contribution in [-0.2, 0) is 14.8 Å². The molecule has 26 heavy (non-hydrogen) atoms. The van der Waals surface area contributed by atoms with Crippen molar-refractivity contribution in [1.82, 2.24) is 24.9 Å². The van der Waals surface area contributed by atoms with Crippen LogP contribution in [-0.4, -0.2) is 59.1 Å². The number of benzene rings is 1. The Labute approximate surface area is 155 Å². The third kappa shape index (κ3) is 2.20. The van der Waals surface area contributed by atoms with Crippen molar-refractivity contribution in [2.75, 3.05) is 13.7 Å². The SMILES string of the molecule is COC1C2CC3CN(S(=O)(=O)c4ccc(Cl)c(-c5nn[nH]n5)c4)C1C3C2. The number of sulfonamides is 1. The van der Waals surface area contributed by atoms with Gasteiger partial charge >= 0.3 is 0 Å². The quantitative estimate of drug-likeness (QED) is 0.843. The van der Waals surface area contributed by atoms with Gasteiger partial charge in [-0.2, -0.15) is 9.52 Å². The topological polar surface area (TPSA) is 101 Å². The Kier molecular flexibility index (Phi) is 3.66. The highest BCUT2D eigenvalue weighted by Crippen LogP contribution is 2.56. The molecule has 5 unspecified atom stereocenters. The van der Waals surface area contributed by atoms with Crippen LogP contribution in [0.15, 0.2) is 23.1 Å². The van der Waals surface area contributed by atoms with Crippen molar-refractivity contribution in [3.8, 4) is 11.4 Å². The number of methoxy groups -OCH3 is 1. The maximum Gasteiger partial charge on any atom is 0.243 e. The van der Waals surface area contributed by atoms with E-state index in [4.69, 9.17) is 16.3 Å². The monoisotopic (exact) mass is 395 g/mol. The van der Waals surface area contributed by atoms with Crippen molar-refractivity contribution in [2.45, 2.75) is 29.9 Å². The van der Waals surface area contributed by atoms with Gasteiger partial charge in [-0.05, 0) is 54.0 Å². The first-order chi connectivity index (χ1) is 12.5. The molecule has 1 N–H and O–H groups in total. The number of rotatable bonds is 4. The molecule has 0 radical (unpaired) electrons. The Balaban J connectivity index is 1.55. The summed E-state index contributed by atoms with van der Waals surface area (Å²) in [6.07, 6.45) is 2.10. The van der Waals surface area contributed by atoms with E-state index >= 15 is 0 Å². The van der Waals surface area contributed by atoms with Gasteiger partial charge in [0.15, 0.2) is 0 Å². The highest BCUT2D eigenvalue weighted by molar-refractivity contribution is 7.89.